The number of hydrogen-bond donors (Lipinski definition) is 2. The predicted molar refractivity (Wildman–Crippen MR) is 116 cm³/mol. The molecule has 1 aliphatic rings. The van der Waals surface area contributed by atoms with E-state index in [9.17, 15) is 13.2 Å². The summed E-state index contributed by atoms with van der Waals surface area (Å²) >= 11 is 6.13. The number of nitrogens with one attached hydrogen (secondary N) is 2. The second kappa shape index (κ2) is 10.7. The van der Waals surface area contributed by atoms with Gasteiger partial charge in [0.1, 0.15) is 11.5 Å². The summed E-state index contributed by atoms with van der Waals surface area (Å²) in [5.41, 5.74) is 0.176. The van der Waals surface area contributed by atoms with Crippen molar-refractivity contribution >= 4 is 33.3 Å². The summed E-state index contributed by atoms with van der Waals surface area (Å²) in [6.07, 6.45) is 0. The molecule has 2 N–H and O–H groups in total. The van der Waals surface area contributed by atoms with Gasteiger partial charge in [-0.2, -0.15) is 4.31 Å². The van der Waals surface area contributed by atoms with Gasteiger partial charge in [0, 0.05) is 13.1 Å². The number of hydrogen-bond acceptors (Lipinski definition) is 6. The number of amides is 2. The third-order valence-electron chi connectivity index (χ3n) is 4.40. The van der Waals surface area contributed by atoms with Gasteiger partial charge in [0.2, 0.25) is 10.0 Å². The molecule has 0 aromatic heterocycles. The van der Waals surface area contributed by atoms with Crippen molar-refractivity contribution in [2.45, 2.75) is 11.8 Å². The molecule has 0 radical (unpaired) electrons. The average Bonchev–Trinajstić information content (AvgIpc) is 2.77. The first-order chi connectivity index (χ1) is 14.9. The molecule has 1 aliphatic heterocycles. The van der Waals surface area contributed by atoms with E-state index in [0.29, 0.717) is 25.6 Å². The van der Waals surface area contributed by atoms with E-state index in [1.54, 1.807) is 24.3 Å². The molecule has 0 aliphatic carbocycles. The van der Waals surface area contributed by atoms with Crippen molar-refractivity contribution in [1.29, 1.82) is 0 Å². The van der Waals surface area contributed by atoms with E-state index in [1.165, 1.54) is 22.5 Å². The number of sulfonamides is 1. The number of morpholine rings is 1. The number of benzene rings is 2. The number of halogens is 1. The number of ether oxygens (including phenoxy) is 3. The van der Waals surface area contributed by atoms with Crippen LogP contribution in [0, 0.1) is 0 Å². The molecule has 1 saturated heterocycles. The van der Waals surface area contributed by atoms with Crippen molar-refractivity contribution in [3.8, 4) is 11.5 Å². The summed E-state index contributed by atoms with van der Waals surface area (Å²) in [6.45, 7) is 3.60. The van der Waals surface area contributed by atoms with Gasteiger partial charge in [0.05, 0.1) is 35.4 Å². The Morgan fingerprint density at radius 2 is 1.74 bits per heavy atom. The molecule has 31 heavy (non-hydrogen) atoms. The lowest BCUT2D eigenvalue weighted by Crippen LogP contribution is -2.40. The second-order valence-electron chi connectivity index (χ2n) is 6.48. The van der Waals surface area contributed by atoms with Crippen LogP contribution < -0.4 is 20.1 Å². The lowest BCUT2D eigenvalue weighted by molar-refractivity contribution is 0.0730. The molecule has 0 saturated carbocycles. The Morgan fingerprint density at radius 3 is 2.39 bits per heavy atom. The summed E-state index contributed by atoms with van der Waals surface area (Å²) in [5, 5.41) is 5.29. The molecule has 11 heteroatoms. The van der Waals surface area contributed by atoms with Gasteiger partial charge < -0.3 is 24.8 Å². The van der Waals surface area contributed by atoms with Crippen molar-refractivity contribution in [3.05, 3.63) is 47.5 Å². The summed E-state index contributed by atoms with van der Waals surface area (Å²) < 4.78 is 43.0. The van der Waals surface area contributed by atoms with Crippen molar-refractivity contribution in [2.75, 3.05) is 45.0 Å². The highest BCUT2D eigenvalue weighted by Gasteiger charge is 2.27. The molecule has 2 aromatic carbocycles. The van der Waals surface area contributed by atoms with Crippen molar-refractivity contribution in [3.63, 3.8) is 0 Å². The predicted octanol–water partition coefficient (Wildman–Crippen LogP) is 2.92. The van der Waals surface area contributed by atoms with E-state index in [2.05, 4.69) is 10.6 Å². The standard InChI is InChI=1S/C20H24ClN3O6S/c1-2-29-15-3-5-16(6-4-15)30-14-22-20(25)23-19-13-17(7-8-18(19)21)31(26,27)24-9-11-28-12-10-24/h3-8,13H,2,9-12,14H2,1H3,(H2,22,23,25). The Labute approximate surface area is 186 Å². The van der Waals surface area contributed by atoms with Crippen LogP contribution in [-0.4, -0.2) is 58.4 Å². The van der Waals surface area contributed by atoms with E-state index in [1.807, 2.05) is 6.92 Å². The van der Waals surface area contributed by atoms with Gasteiger partial charge in [-0.25, -0.2) is 13.2 Å². The van der Waals surface area contributed by atoms with E-state index in [0.717, 1.165) is 5.75 Å². The highest BCUT2D eigenvalue weighted by atomic mass is 35.5. The zero-order chi connectivity index (χ0) is 22.3. The van der Waals surface area contributed by atoms with Crippen LogP contribution in [0.4, 0.5) is 10.5 Å². The maximum absolute atomic E-state index is 12.8. The topological polar surface area (TPSA) is 106 Å². The Balaban J connectivity index is 1.57. The minimum Gasteiger partial charge on any atom is -0.494 e. The second-order valence-corrected chi connectivity index (χ2v) is 8.83. The SMILES string of the molecule is CCOc1ccc(OCNC(=O)Nc2cc(S(=O)(=O)N3CCOCC3)ccc2Cl)cc1. The first-order valence-corrected chi connectivity index (χ1v) is 11.5. The Bertz CT molecular complexity index is 994. The molecule has 3 rings (SSSR count). The maximum atomic E-state index is 12.8. The molecule has 9 nitrogen and oxygen atoms in total. The molecule has 1 heterocycles. The molecule has 2 aromatic rings. The third kappa shape index (κ3) is 6.23. The first kappa shape index (κ1) is 23.1. The van der Waals surface area contributed by atoms with E-state index in [-0.39, 0.29) is 35.4 Å². The first-order valence-electron chi connectivity index (χ1n) is 9.68. The van der Waals surface area contributed by atoms with Crippen LogP contribution >= 0.6 is 11.6 Å². The summed E-state index contributed by atoms with van der Waals surface area (Å²) in [4.78, 5) is 12.2. The van der Waals surface area contributed by atoms with Crippen LogP contribution in [0.1, 0.15) is 6.92 Å². The molecule has 0 bridgehead atoms. The zero-order valence-electron chi connectivity index (χ0n) is 17.0. The normalized spacial score (nSPS) is 14.6. The number of nitrogens with zero attached hydrogens (tertiary/aromatic N) is 1. The van der Waals surface area contributed by atoms with Gasteiger partial charge in [-0.05, 0) is 49.4 Å². The van der Waals surface area contributed by atoms with Crippen LogP contribution in [0.15, 0.2) is 47.4 Å². The van der Waals surface area contributed by atoms with E-state index in [4.69, 9.17) is 25.8 Å². The van der Waals surface area contributed by atoms with Crippen molar-refractivity contribution in [1.82, 2.24) is 9.62 Å². The summed E-state index contributed by atoms with van der Waals surface area (Å²) in [6, 6.07) is 10.6. The lowest BCUT2D eigenvalue weighted by Gasteiger charge is -2.26. The number of carbonyl (C=O) groups is 1. The smallest absolute Gasteiger partial charge is 0.321 e. The summed E-state index contributed by atoms with van der Waals surface area (Å²) in [5.74, 6) is 1.28. The highest BCUT2D eigenvalue weighted by Crippen LogP contribution is 2.27. The van der Waals surface area contributed by atoms with Crippen LogP contribution in [0.25, 0.3) is 0 Å². The monoisotopic (exact) mass is 469 g/mol. The maximum Gasteiger partial charge on any atom is 0.321 e. The molecule has 1 fully saturated rings. The highest BCUT2D eigenvalue weighted by molar-refractivity contribution is 7.89. The average molecular weight is 470 g/mol. The van der Waals surface area contributed by atoms with Crippen molar-refractivity contribution in [2.24, 2.45) is 0 Å². The number of anilines is 1. The molecular weight excluding hydrogens is 446 g/mol. The van der Waals surface area contributed by atoms with Crippen LogP contribution in [0.3, 0.4) is 0 Å². The summed E-state index contributed by atoms with van der Waals surface area (Å²) in [7, 11) is -3.71. The molecule has 0 atom stereocenters. The van der Waals surface area contributed by atoms with Gasteiger partial charge in [0.15, 0.2) is 6.73 Å². The molecule has 2 amide bonds. The molecular formula is C20H24ClN3O6S. The third-order valence-corrected chi connectivity index (χ3v) is 6.62. The van der Waals surface area contributed by atoms with Crippen molar-refractivity contribution < 1.29 is 27.4 Å². The molecule has 168 valence electrons. The van der Waals surface area contributed by atoms with Crippen LogP contribution in [0.2, 0.25) is 5.02 Å². The van der Waals surface area contributed by atoms with Gasteiger partial charge in [0.25, 0.3) is 0 Å². The Hall–Kier alpha value is -2.53. The molecule has 0 unspecified atom stereocenters. The minimum atomic E-state index is -3.71. The minimum absolute atomic E-state index is 0.0414. The fourth-order valence-electron chi connectivity index (χ4n) is 2.85. The fraction of sp³-hybridized carbons (Fsp3) is 0.350. The quantitative estimate of drug-likeness (QED) is 0.576. The fourth-order valence-corrected chi connectivity index (χ4v) is 4.45. The van der Waals surface area contributed by atoms with E-state index >= 15 is 0 Å². The largest absolute Gasteiger partial charge is 0.494 e. The Morgan fingerprint density at radius 1 is 1.10 bits per heavy atom. The van der Waals surface area contributed by atoms with Gasteiger partial charge in [-0.3, -0.25) is 0 Å². The molecule has 0 spiro atoms. The number of urea groups is 1. The number of rotatable bonds is 8. The van der Waals surface area contributed by atoms with Crippen LogP contribution in [-0.2, 0) is 14.8 Å². The number of carbonyl (C=O) groups excluding carboxylic acids is 1. The van der Waals surface area contributed by atoms with Gasteiger partial charge in [-0.15, -0.1) is 0 Å². The zero-order valence-corrected chi connectivity index (χ0v) is 18.5. The van der Waals surface area contributed by atoms with Gasteiger partial charge >= 0.3 is 6.03 Å². The lowest BCUT2D eigenvalue weighted by atomic mass is 10.3. The van der Waals surface area contributed by atoms with E-state index < -0.39 is 16.1 Å². The Kier molecular flexibility index (Phi) is 7.97. The van der Waals surface area contributed by atoms with Crippen LogP contribution in [0.5, 0.6) is 11.5 Å². The van der Waals surface area contributed by atoms with Gasteiger partial charge in [-0.1, -0.05) is 11.6 Å².